The second-order valence-corrected chi connectivity index (χ2v) is 6.70. The van der Waals surface area contributed by atoms with Crippen molar-refractivity contribution in [1.29, 1.82) is 0 Å². The molecule has 4 nitrogen and oxygen atoms in total. The minimum absolute atomic E-state index is 0.833. The predicted molar refractivity (Wildman–Crippen MR) is 115 cm³/mol. The van der Waals surface area contributed by atoms with Crippen LogP contribution in [0.15, 0.2) is 49.1 Å². The zero-order valence-electron chi connectivity index (χ0n) is 17.9. The van der Waals surface area contributed by atoms with Gasteiger partial charge in [0, 0.05) is 30.4 Å². The van der Waals surface area contributed by atoms with E-state index in [1.54, 1.807) is 19.5 Å². The number of methoxy groups -OCH3 is 1. The number of hydrogen-bond acceptors (Lipinski definition) is 3. The van der Waals surface area contributed by atoms with Crippen molar-refractivity contribution in [2.75, 3.05) is 7.11 Å². The zero-order valence-corrected chi connectivity index (χ0v) is 17.9. The van der Waals surface area contributed by atoms with E-state index in [9.17, 15) is 0 Å². The molecule has 0 N–H and O–H groups in total. The Hall–Kier alpha value is -2.62. The van der Waals surface area contributed by atoms with E-state index >= 15 is 0 Å². The Bertz CT molecular complexity index is 782. The third-order valence-electron chi connectivity index (χ3n) is 3.52. The molecule has 0 amide bonds. The Morgan fingerprint density at radius 3 is 1.93 bits per heavy atom. The summed E-state index contributed by atoms with van der Waals surface area (Å²) in [4.78, 5) is 8.55. The van der Waals surface area contributed by atoms with Gasteiger partial charge in [-0.3, -0.25) is 9.55 Å². The van der Waals surface area contributed by atoms with Gasteiger partial charge in [0.05, 0.1) is 12.8 Å². The van der Waals surface area contributed by atoms with E-state index in [1.165, 1.54) is 0 Å². The van der Waals surface area contributed by atoms with Crippen LogP contribution in [0, 0.1) is 19.8 Å². The Morgan fingerprint density at radius 2 is 1.44 bits per heavy atom. The van der Waals surface area contributed by atoms with E-state index in [4.69, 9.17) is 4.74 Å². The van der Waals surface area contributed by atoms with E-state index in [1.807, 2.05) is 50.5 Å². The molecule has 0 aliphatic rings. The van der Waals surface area contributed by atoms with Gasteiger partial charge in [0.1, 0.15) is 11.6 Å². The fraction of sp³-hybridized carbons (Fsp3) is 0.391. The molecule has 27 heavy (non-hydrogen) atoms. The summed E-state index contributed by atoms with van der Waals surface area (Å²) in [5.74, 6) is 2.62. The number of imidazole rings is 1. The minimum atomic E-state index is 0.833. The van der Waals surface area contributed by atoms with Gasteiger partial charge in [-0.05, 0) is 55.2 Å². The molecule has 2 aromatic heterocycles. The molecular formula is C23H33N3O. The smallest absolute Gasteiger partial charge is 0.144 e. The summed E-state index contributed by atoms with van der Waals surface area (Å²) >= 11 is 0. The maximum atomic E-state index is 5.33. The van der Waals surface area contributed by atoms with Crippen LogP contribution in [0.4, 0.5) is 0 Å². The van der Waals surface area contributed by atoms with Crippen molar-refractivity contribution in [1.82, 2.24) is 14.5 Å². The second-order valence-electron chi connectivity index (χ2n) is 6.70. The average Bonchev–Trinajstić information content (AvgIpc) is 3.12. The second kappa shape index (κ2) is 11.2. The van der Waals surface area contributed by atoms with Crippen LogP contribution in [-0.2, 0) is 0 Å². The zero-order chi connectivity index (χ0) is 20.4. The topological polar surface area (TPSA) is 39.9 Å². The molecule has 0 bridgehead atoms. The van der Waals surface area contributed by atoms with Gasteiger partial charge >= 0.3 is 0 Å². The number of aromatic nitrogens is 3. The normalized spacial score (nSPS) is 9.81. The number of aryl methyl sites for hydroxylation is 2. The number of rotatable bonds is 3. The quantitative estimate of drug-likeness (QED) is 0.549. The molecule has 3 rings (SSSR count). The van der Waals surface area contributed by atoms with Crippen LogP contribution in [0.1, 0.15) is 45.7 Å². The number of ether oxygens (including phenoxy) is 1. The summed E-state index contributed by atoms with van der Waals surface area (Å²) in [6.07, 6.45) is 7.36. The van der Waals surface area contributed by atoms with Crippen LogP contribution >= 0.6 is 0 Å². The van der Waals surface area contributed by atoms with Crippen LogP contribution in [0.5, 0.6) is 5.75 Å². The first kappa shape index (κ1) is 22.4. The SMILES string of the molecule is CC.CC(C)C.COc1cc(C)c(-n2ccnc2-c2ccncc2)c(C)c1. The van der Waals surface area contributed by atoms with Crippen LogP contribution in [0.25, 0.3) is 17.1 Å². The Kier molecular flexibility index (Phi) is 9.27. The average molecular weight is 368 g/mol. The lowest BCUT2D eigenvalue weighted by atomic mass is 10.1. The van der Waals surface area contributed by atoms with Gasteiger partial charge in [-0.15, -0.1) is 0 Å². The first-order chi connectivity index (χ1) is 12.9. The van der Waals surface area contributed by atoms with E-state index < -0.39 is 0 Å². The molecule has 2 heterocycles. The fourth-order valence-corrected chi connectivity index (χ4v) is 2.61. The van der Waals surface area contributed by atoms with Gasteiger partial charge in [0.25, 0.3) is 0 Å². The van der Waals surface area contributed by atoms with Crippen molar-refractivity contribution in [3.8, 4) is 22.8 Å². The Balaban J connectivity index is 0.000000541. The monoisotopic (exact) mass is 367 g/mol. The van der Waals surface area contributed by atoms with Gasteiger partial charge < -0.3 is 4.74 Å². The highest BCUT2D eigenvalue weighted by Gasteiger charge is 2.12. The van der Waals surface area contributed by atoms with Gasteiger partial charge in [-0.1, -0.05) is 34.6 Å². The molecule has 0 atom stereocenters. The summed E-state index contributed by atoms with van der Waals surface area (Å²) < 4.78 is 7.44. The van der Waals surface area contributed by atoms with Crippen molar-refractivity contribution in [2.45, 2.75) is 48.5 Å². The lowest BCUT2D eigenvalue weighted by Gasteiger charge is -2.15. The van der Waals surface area contributed by atoms with Crippen LogP contribution < -0.4 is 4.74 Å². The summed E-state index contributed by atoms with van der Waals surface area (Å²) in [5.41, 5.74) is 4.49. The lowest BCUT2D eigenvalue weighted by Crippen LogP contribution is -2.02. The maximum Gasteiger partial charge on any atom is 0.144 e. The van der Waals surface area contributed by atoms with Crippen LogP contribution in [0.3, 0.4) is 0 Å². The summed E-state index contributed by atoms with van der Waals surface area (Å²) in [5, 5.41) is 0. The third-order valence-corrected chi connectivity index (χ3v) is 3.52. The first-order valence-corrected chi connectivity index (χ1v) is 9.53. The molecule has 0 unspecified atom stereocenters. The Labute approximate surface area is 164 Å². The molecule has 0 aliphatic heterocycles. The van der Waals surface area contributed by atoms with Gasteiger partial charge in [-0.2, -0.15) is 0 Å². The molecular weight excluding hydrogens is 334 g/mol. The lowest BCUT2D eigenvalue weighted by molar-refractivity contribution is 0.414. The molecule has 3 aromatic rings. The van der Waals surface area contributed by atoms with E-state index in [-0.39, 0.29) is 0 Å². The standard InChI is InChI=1S/C17H17N3O.C4H10.C2H6/c1-12-10-15(21-3)11-13(2)16(12)20-9-8-19-17(20)14-4-6-18-7-5-14;1-4(2)3;1-2/h4-11H,1-3H3;4H,1-3H3;1-2H3. The largest absolute Gasteiger partial charge is 0.497 e. The molecule has 0 saturated heterocycles. The molecule has 146 valence electrons. The van der Waals surface area contributed by atoms with Crippen molar-refractivity contribution < 1.29 is 4.74 Å². The molecule has 0 radical (unpaired) electrons. The van der Waals surface area contributed by atoms with Gasteiger partial charge in [0.15, 0.2) is 0 Å². The molecule has 0 fully saturated rings. The number of hydrogen-bond donors (Lipinski definition) is 0. The Morgan fingerprint density at radius 1 is 0.926 bits per heavy atom. The first-order valence-electron chi connectivity index (χ1n) is 9.53. The summed E-state index contributed by atoms with van der Waals surface area (Å²) in [7, 11) is 1.69. The molecule has 4 heteroatoms. The molecule has 0 spiro atoms. The van der Waals surface area contributed by atoms with Crippen molar-refractivity contribution in [3.63, 3.8) is 0 Å². The highest BCUT2D eigenvalue weighted by molar-refractivity contribution is 5.61. The van der Waals surface area contributed by atoms with Crippen molar-refractivity contribution >= 4 is 0 Å². The summed E-state index contributed by atoms with van der Waals surface area (Å²) in [6, 6.07) is 8.01. The minimum Gasteiger partial charge on any atom is -0.497 e. The maximum absolute atomic E-state index is 5.33. The van der Waals surface area contributed by atoms with Crippen LogP contribution in [0.2, 0.25) is 0 Å². The van der Waals surface area contributed by atoms with Crippen LogP contribution in [-0.4, -0.2) is 21.6 Å². The van der Waals surface area contributed by atoms with E-state index in [2.05, 4.69) is 49.2 Å². The fourth-order valence-electron chi connectivity index (χ4n) is 2.61. The van der Waals surface area contributed by atoms with Crippen molar-refractivity contribution in [3.05, 3.63) is 60.2 Å². The van der Waals surface area contributed by atoms with Crippen molar-refractivity contribution in [2.24, 2.45) is 5.92 Å². The highest BCUT2D eigenvalue weighted by Crippen LogP contribution is 2.28. The number of pyridine rings is 1. The molecule has 0 aliphatic carbocycles. The van der Waals surface area contributed by atoms with Gasteiger partial charge in [-0.25, -0.2) is 4.98 Å². The number of nitrogens with zero attached hydrogens (tertiary/aromatic N) is 3. The number of benzene rings is 1. The third kappa shape index (κ3) is 6.24. The summed E-state index contributed by atoms with van der Waals surface area (Å²) in [6.45, 7) is 14.7. The van der Waals surface area contributed by atoms with E-state index in [0.29, 0.717) is 0 Å². The molecule has 0 saturated carbocycles. The molecule has 1 aromatic carbocycles. The van der Waals surface area contributed by atoms with Gasteiger partial charge in [0.2, 0.25) is 0 Å². The highest BCUT2D eigenvalue weighted by atomic mass is 16.5. The predicted octanol–water partition coefficient (Wildman–Crippen LogP) is 6.25. The van der Waals surface area contributed by atoms with E-state index in [0.717, 1.165) is 39.9 Å².